The molecule has 4 aromatic heterocycles. The Labute approximate surface area is 162 Å². The second kappa shape index (κ2) is 5.88. The van der Waals surface area contributed by atoms with Crippen LogP contribution in [0.3, 0.4) is 0 Å². The van der Waals surface area contributed by atoms with Gasteiger partial charge in [0.2, 0.25) is 0 Å². The summed E-state index contributed by atoms with van der Waals surface area (Å²) in [6.07, 6.45) is 3.63. The van der Waals surface area contributed by atoms with E-state index < -0.39 is 0 Å². The van der Waals surface area contributed by atoms with Crippen LogP contribution in [0.15, 0.2) is 36.7 Å². The molecule has 28 heavy (non-hydrogen) atoms. The molecule has 1 aliphatic rings. The Morgan fingerprint density at radius 3 is 2.57 bits per heavy atom. The lowest BCUT2D eigenvalue weighted by atomic mass is 9.96. The molecular formula is C19H23N9. The van der Waals surface area contributed by atoms with Crippen LogP contribution in [0.25, 0.3) is 11.3 Å². The van der Waals surface area contributed by atoms with Crippen molar-refractivity contribution in [2.75, 3.05) is 29.9 Å². The van der Waals surface area contributed by atoms with Crippen LogP contribution < -0.4 is 9.80 Å². The molecule has 1 fully saturated rings. The number of likely N-dealkylation sites (N-methyl/N-ethyl adjacent to an activating group) is 1. The molecule has 4 aromatic rings. The fourth-order valence-corrected chi connectivity index (χ4v) is 3.48. The zero-order chi connectivity index (χ0) is 19.5. The number of anilines is 2. The molecule has 0 amide bonds. The van der Waals surface area contributed by atoms with E-state index in [1.165, 1.54) is 0 Å². The minimum atomic E-state index is -0.111. The Balaban J connectivity index is 1.34. The quantitative estimate of drug-likeness (QED) is 0.538. The first-order valence-corrected chi connectivity index (χ1v) is 9.41. The Kier molecular flexibility index (Phi) is 3.55. The fourth-order valence-electron chi connectivity index (χ4n) is 3.48. The van der Waals surface area contributed by atoms with Crippen LogP contribution in [0.5, 0.6) is 0 Å². The van der Waals surface area contributed by atoms with E-state index in [2.05, 4.69) is 57.9 Å². The van der Waals surface area contributed by atoms with E-state index in [0.717, 1.165) is 41.8 Å². The van der Waals surface area contributed by atoms with Gasteiger partial charge in [-0.3, -0.25) is 0 Å². The first kappa shape index (κ1) is 16.9. The molecule has 0 radical (unpaired) electrons. The van der Waals surface area contributed by atoms with Crippen molar-refractivity contribution in [2.24, 2.45) is 0 Å². The van der Waals surface area contributed by atoms with Gasteiger partial charge in [0.05, 0.1) is 6.04 Å². The third-order valence-corrected chi connectivity index (χ3v) is 5.26. The van der Waals surface area contributed by atoms with Crippen LogP contribution >= 0.6 is 0 Å². The van der Waals surface area contributed by atoms with Crippen LogP contribution in [0.4, 0.5) is 11.6 Å². The molecule has 0 N–H and O–H groups in total. The highest BCUT2D eigenvalue weighted by Gasteiger charge is 2.32. The standard InChI is InChI=1S/C19H23N9/c1-19(2,3)18-22-21-15-6-8-17(24-28(15)18)26-11-13(12-26)25(4)16-7-5-14-20-9-10-27(14)23-16/h5-10,13H,11-12H2,1-4H3. The van der Waals surface area contributed by atoms with Crippen LogP contribution in [0.2, 0.25) is 0 Å². The molecule has 0 spiro atoms. The van der Waals surface area contributed by atoms with Crippen molar-refractivity contribution >= 4 is 22.9 Å². The van der Waals surface area contributed by atoms with E-state index in [1.807, 2.05) is 35.0 Å². The lowest BCUT2D eigenvalue weighted by molar-refractivity contribution is 0.481. The van der Waals surface area contributed by atoms with E-state index in [0.29, 0.717) is 6.04 Å². The van der Waals surface area contributed by atoms with Crippen molar-refractivity contribution in [3.8, 4) is 0 Å². The Morgan fingerprint density at radius 2 is 1.79 bits per heavy atom. The van der Waals surface area contributed by atoms with Gasteiger partial charge in [-0.15, -0.1) is 20.4 Å². The minimum absolute atomic E-state index is 0.111. The van der Waals surface area contributed by atoms with Crippen molar-refractivity contribution in [3.05, 3.63) is 42.5 Å². The molecule has 0 aromatic carbocycles. The lowest BCUT2D eigenvalue weighted by Crippen LogP contribution is -2.59. The van der Waals surface area contributed by atoms with Crippen molar-refractivity contribution < 1.29 is 0 Å². The maximum atomic E-state index is 4.80. The van der Waals surface area contributed by atoms with Gasteiger partial charge >= 0.3 is 0 Å². The predicted octanol–water partition coefficient (Wildman–Crippen LogP) is 1.79. The van der Waals surface area contributed by atoms with Crippen LogP contribution in [0.1, 0.15) is 26.6 Å². The van der Waals surface area contributed by atoms with Crippen molar-refractivity contribution in [1.29, 1.82) is 0 Å². The lowest BCUT2D eigenvalue weighted by Gasteiger charge is -2.44. The maximum absolute atomic E-state index is 4.80. The van der Waals surface area contributed by atoms with Gasteiger partial charge in [0, 0.05) is 37.9 Å². The number of imidazole rings is 1. The van der Waals surface area contributed by atoms with Gasteiger partial charge in [0.1, 0.15) is 11.6 Å². The van der Waals surface area contributed by atoms with Crippen LogP contribution in [-0.2, 0) is 5.41 Å². The van der Waals surface area contributed by atoms with E-state index >= 15 is 0 Å². The third-order valence-electron chi connectivity index (χ3n) is 5.26. The predicted molar refractivity (Wildman–Crippen MR) is 107 cm³/mol. The highest BCUT2D eigenvalue weighted by atomic mass is 15.4. The molecule has 0 saturated carbocycles. The molecule has 0 bridgehead atoms. The number of hydrogen-bond donors (Lipinski definition) is 0. The maximum Gasteiger partial charge on any atom is 0.178 e. The molecule has 0 atom stereocenters. The summed E-state index contributed by atoms with van der Waals surface area (Å²) in [4.78, 5) is 8.73. The van der Waals surface area contributed by atoms with Crippen LogP contribution in [0, 0.1) is 0 Å². The SMILES string of the molecule is CN(c1ccc2nccn2n1)C1CN(c2ccc3nnc(C(C)(C)C)n3n2)C1. The molecule has 1 aliphatic heterocycles. The molecule has 5 heterocycles. The summed E-state index contributed by atoms with van der Waals surface area (Å²) >= 11 is 0. The molecule has 144 valence electrons. The second-order valence-electron chi connectivity index (χ2n) is 8.33. The number of aromatic nitrogens is 7. The number of hydrogen-bond acceptors (Lipinski definition) is 7. The first-order chi connectivity index (χ1) is 13.4. The minimum Gasteiger partial charge on any atom is -0.352 e. The Hall–Kier alpha value is -3.23. The Bertz CT molecular complexity index is 1150. The number of rotatable bonds is 3. The van der Waals surface area contributed by atoms with Gasteiger partial charge in [-0.2, -0.15) is 4.52 Å². The average molecular weight is 377 g/mol. The average Bonchev–Trinajstić information content (AvgIpc) is 3.25. The molecule has 0 aliphatic carbocycles. The Morgan fingerprint density at radius 1 is 1.00 bits per heavy atom. The van der Waals surface area contributed by atoms with E-state index in [4.69, 9.17) is 5.10 Å². The van der Waals surface area contributed by atoms with E-state index in [-0.39, 0.29) is 5.41 Å². The molecule has 0 unspecified atom stereocenters. The molecule has 5 rings (SSSR count). The summed E-state index contributed by atoms with van der Waals surface area (Å²) < 4.78 is 3.67. The normalized spacial score (nSPS) is 15.4. The first-order valence-electron chi connectivity index (χ1n) is 9.41. The summed E-state index contributed by atoms with van der Waals surface area (Å²) in [7, 11) is 2.08. The van der Waals surface area contributed by atoms with Crippen molar-refractivity contribution in [3.63, 3.8) is 0 Å². The molecule has 1 saturated heterocycles. The van der Waals surface area contributed by atoms with Crippen molar-refractivity contribution in [1.82, 2.24) is 34.4 Å². The zero-order valence-electron chi connectivity index (χ0n) is 16.5. The van der Waals surface area contributed by atoms with Crippen molar-refractivity contribution in [2.45, 2.75) is 32.2 Å². The van der Waals surface area contributed by atoms with E-state index in [9.17, 15) is 0 Å². The topological polar surface area (TPSA) is 79.8 Å². The van der Waals surface area contributed by atoms with Gasteiger partial charge in [-0.1, -0.05) is 20.8 Å². The van der Waals surface area contributed by atoms with E-state index in [1.54, 1.807) is 10.7 Å². The smallest absolute Gasteiger partial charge is 0.178 e. The van der Waals surface area contributed by atoms with Gasteiger partial charge < -0.3 is 9.80 Å². The summed E-state index contributed by atoms with van der Waals surface area (Å²) in [6, 6.07) is 8.39. The molecular weight excluding hydrogens is 354 g/mol. The fraction of sp³-hybridized carbons (Fsp3) is 0.421. The zero-order valence-corrected chi connectivity index (χ0v) is 16.5. The second-order valence-corrected chi connectivity index (χ2v) is 8.33. The third kappa shape index (κ3) is 2.65. The summed E-state index contributed by atoms with van der Waals surface area (Å²) in [5.41, 5.74) is 1.52. The number of nitrogens with zero attached hydrogens (tertiary/aromatic N) is 9. The van der Waals surface area contributed by atoms with Crippen LogP contribution in [-0.4, -0.2) is 60.6 Å². The summed E-state index contributed by atoms with van der Waals surface area (Å²) in [6.45, 7) is 8.15. The molecule has 9 nitrogen and oxygen atoms in total. The number of fused-ring (bicyclic) bond motifs is 2. The monoisotopic (exact) mass is 377 g/mol. The van der Waals surface area contributed by atoms with Gasteiger partial charge in [-0.25, -0.2) is 9.50 Å². The summed E-state index contributed by atoms with van der Waals surface area (Å²) in [5.74, 6) is 2.75. The van der Waals surface area contributed by atoms with Gasteiger partial charge in [0.25, 0.3) is 0 Å². The highest BCUT2D eigenvalue weighted by molar-refractivity contribution is 5.52. The largest absolute Gasteiger partial charge is 0.352 e. The van der Waals surface area contributed by atoms with Gasteiger partial charge in [0.15, 0.2) is 17.1 Å². The molecule has 9 heteroatoms. The highest BCUT2D eigenvalue weighted by Crippen LogP contribution is 2.26. The summed E-state index contributed by atoms with van der Waals surface area (Å²) in [5, 5.41) is 18.0. The van der Waals surface area contributed by atoms with Gasteiger partial charge in [-0.05, 0) is 24.3 Å².